The highest BCUT2D eigenvalue weighted by atomic mass is 32.2. The number of aryl methyl sites for hydroxylation is 1. The van der Waals surface area contributed by atoms with Gasteiger partial charge in [0.25, 0.3) is 5.69 Å². The molecular weight excluding hydrogens is 548 g/mol. The van der Waals surface area contributed by atoms with E-state index in [4.69, 9.17) is 4.74 Å². The zero-order valence-corrected chi connectivity index (χ0v) is 24.3. The first kappa shape index (κ1) is 31.1. The van der Waals surface area contributed by atoms with E-state index >= 15 is 0 Å². The van der Waals surface area contributed by atoms with Gasteiger partial charge in [0.05, 0.1) is 24.0 Å². The number of sulfonamides is 1. The van der Waals surface area contributed by atoms with Gasteiger partial charge in [0.1, 0.15) is 18.3 Å². The summed E-state index contributed by atoms with van der Waals surface area (Å²) in [6.07, 6.45) is 1.10. The SMILES string of the molecule is CCNC(=O)[C@@H](Cc1ccccc1)N(Cc1cccc(OC)c1)C(=O)CN(c1cc([N+](=O)[O-])ccc1C)S(C)(=O)=O. The lowest BCUT2D eigenvalue weighted by atomic mass is 10.0. The lowest BCUT2D eigenvalue weighted by molar-refractivity contribution is -0.384. The molecule has 11 nitrogen and oxygen atoms in total. The summed E-state index contributed by atoms with van der Waals surface area (Å²) in [5, 5.41) is 14.2. The van der Waals surface area contributed by atoms with Crippen molar-refractivity contribution in [3.63, 3.8) is 0 Å². The van der Waals surface area contributed by atoms with E-state index in [0.717, 1.165) is 22.2 Å². The number of amides is 2. The van der Waals surface area contributed by atoms with Gasteiger partial charge in [-0.2, -0.15) is 0 Å². The van der Waals surface area contributed by atoms with Crippen LogP contribution in [0, 0.1) is 17.0 Å². The van der Waals surface area contributed by atoms with Crippen LogP contribution in [-0.2, 0) is 32.6 Å². The van der Waals surface area contributed by atoms with Crippen LogP contribution < -0.4 is 14.4 Å². The van der Waals surface area contributed by atoms with E-state index in [0.29, 0.717) is 23.4 Å². The van der Waals surface area contributed by atoms with E-state index < -0.39 is 39.3 Å². The molecule has 0 saturated heterocycles. The van der Waals surface area contributed by atoms with Crippen LogP contribution >= 0.6 is 0 Å². The van der Waals surface area contributed by atoms with Crippen molar-refractivity contribution < 1.29 is 27.7 Å². The topological polar surface area (TPSA) is 139 Å². The third-order valence-corrected chi connectivity index (χ3v) is 7.59. The fourth-order valence-electron chi connectivity index (χ4n) is 4.39. The maximum absolute atomic E-state index is 14.1. The van der Waals surface area contributed by atoms with Crippen molar-refractivity contribution in [2.24, 2.45) is 0 Å². The van der Waals surface area contributed by atoms with Crippen LogP contribution in [0.4, 0.5) is 11.4 Å². The van der Waals surface area contributed by atoms with E-state index in [-0.39, 0.29) is 24.3 Å². The number of likely N-dealkylation sites (N-methyl/N-ethyl adjacent to an activating group) is 1. The smallest absolute Gasteiger partial charge is 0.271 e. The van der Waals surface area contributed by atoms with Gasteiger partial charge in [-0.25, -0.2) is 8.42 Å². The van der Waals surface area contributed by atoms with Crippen LogP contribution in [-0.4, -0.2) is 62.6 Å². The molecule has 3 aromatic carbocycles. The van der Waals surface area contributed by atoms with Crippen molar-refractivity contribution >= 4 is 33.2 Å². The molecule has 0 bridgehead atoms. The summed E-state index contributed by atoms with van der Waals surface area (Å²) >= 11 is 0. The van der Waals surface area contributed by atoms with Gasteiger partial charge < -0.3 is 15.0 Å². The second kappa shape index (κ2) is 13.8. The van der Waals surface area contributed by atoms with Crippen molar-refractivity contribution in [2.75, 3.05) is 30.8 Å². The van der Waals surface area contributed by atoms with Gasteiger partial charge in [0.15, 0.2) is 0 Å². The van der Waals surface area contributed by atoms with Crippen LogP contribution in [0.5, 0.6) is 5.75 Å². The van der Waals surface area contributed by atoms with E-state index in [2.05, 4.69) is 5.32 Å². The first-order valence-corrected chi connectivity index (χ1v) is 14.8. The predicted molar refractivity (Wildman–Crippen MR) is 156 cm³/mol. The zero-order valence-electron chi connectivity index (χ0n) is 23.4. The Morgan fingerprint density at radius 3 is 2.32 bits per heavy atom. The molecule has 0 saturated carbocycles. The predicted octanol–water partition coefficient (Wildman–Crippen LogP) is 3.45. The summed E-state index contributed by atoms with van der Waals surface area (Å²) in [5.41, 5.74) is 1.59. The average molecular weight is 583 g/mol. The Bertz CT molecular complexity index is 1500. The molecule has 3 aromatic rings. The summed E-state index contributed by atoms with van der Waals surface area (Å²) < 4.78 is 32.1. The molecule has 0 fully saturated rings. The number of nitro benzene ring substituents is 1. The van der Waals surface area contributed by atoms with Crippen molar-refractivity contribution in [2.45, 2.75) is 32.9 Å². The summed E-state index contributed by atoms with van der Waals surface area (Å²) in [6, 6.07) is 19.0. The molecule has 3 rings (SSSR count). The third kappa shape index (κ3) is 8.27. The zero-order chi connectivity index (χ0) is 30.2. The highest BCUT2D eigenvalue weighted by molar-refractivity contribution is 7.92. The van der Waals surface area contributed by atoms with Crippen LogP contribution in [0.2, 0.25) is 0 Å². The lowest BCUT2D eigenvalue weighted by Crippen LogP contribution is -2.53. The molecule has 0 aliphatic carbocycles. The standard InChI is InChI=1S/C29H34N4O7S/c1-5-30-29(35)27(17-22-10-7-6-8-11-22)31(19-23-12-9-13-25(16-23)40-3)28(34)20-32(41(4,38)39)26-18-24(33(36)37)15-14-21(26)2/h6-16,18,27H,5,17,19-20H2,1-4H3,(H,30,35)/t27-/m1/s1. The summed E-state index contributed by atoms with van der Waals surface area (Å²) in [6.45, 7) is 3.00. The number of hydrogen-bond donors (Lipinski definition) is 1. The molecule has 12 heteroatoms. The van der Waals surface area contributed by atoms with Gasteiger partial charge in [-0.15, -0.1) is 0 Å². The largest absolute Gasteiger partial charge is 0.497 e. The number of methoxy groups -OCH3 is 1. The van der Waals surface area contributed by atoms with Gasteiger partial charge in [-0.3, -0.25) is 24.0 Å². The minimum Gasteiger partial charge on any atom is -0.497 e. The Labute approximate surface area is 239 Å². The second-order valence-electron chi connectivity index (χ2n) is 9.47. The summed E-state index contributed by atoms with van der Waals surface area (Å²) in [4.78, 5) is 39.6. The van der Waals surface area contributed by atoms with E-state index in [9.17, 15) is 28.1 Å². The number of benzene rings is 3. The number of nitrogens with one attached hydrogen (secondary N) is 1. The maximum Gasteiger partial charge on any atom is 0.271 e. The van der Waals surface area contributed by atoms with Crippen molar-refractivity contribution in [1.82, 2.24) is 10.2 Å². The third-order valence-electron chi connectivity index (χ3n) is 6.46. The van der Waals surface area contributed by atoms with Crippen LogP contribution in [0.3, 0.4) is 0 Å². The maximum atomic E-state index is 14.1. The van der Waals surface area contributed by atoms with Gasteiger partial charge in [-0.05, 0) is 42.7 Å². The summed E-state index contributed by atoms with van der Waals surface area (Å²) in [5.74, 6) is -0.501. The Morgan fingerprint density at radius 2 is 1.71 bits per heavy atom. The Kier molecular flexibility index (Phi) is 10.4. The molecule has 218 valence electrons. The van der Waals surface area contributed by atoms with Gasteiger partial charge in [0, 0.05) is 31.6 Å². The number of rotatable bonds is 13. The molecule has 41 heavy (non-hydrogen) atoms. The van der Waals surface area contributed by atoms with E-state index in [1.165, 1.54) is 24.1 Å². The molecule has 0 unspecified atom stereocenters. The number of carbonyl (C=O) groups is 2. The minimum absolute atomic E-state index is 0.00833. The quantitative estimate of drug-likeness (QED) is 0.241. The first-order valence-electron chi connectivity index (χ1n) is 12.9. The number of nitro groups is 1. The highest BCUT2D eigenvalue weighted by Gasteiger charge is 2.33. The fourth-order valence-corrected chi connectivity index (χ4v) is 5.29. The monoisotopic (exact) mass is 582 g/mol. The molecule has 0 aliphatic rings. The minimum atomic E-state index is -4.07. The first-order chi connectivity index (χ1) is 19.4. The molecule has 1 atom stereocenters. The molecule has 1 N–H and O–H groups in total. The Balaban J connectivity index is 2.10. The van der Waals surface area contributed by atoms with Crippen molar-refractivity contribution in [3.8, 4) is 5.75 Å². The van der Waals surface area contributed by atoms with Gasteiger partial charge in [-0.1, -0.05) is 48.5 Å². The van der Waals surface area contributed by atoms with Crippen LogP contribution in [0.25, 0.3) is 0 Å². The second-order valence-corrected chi connectivity index (χ2v) is 11.4. The molecular formula is C29H34N4O7S. The van der Waals surface area contributed by atoms with Crippen molar-refractivity contribution in [3.05, 3.63) is 99.6 Å². The molecule has 2 amide bonds. The number of hydrogen-bond acceptors (Lipinski definition) is 7. The number of carbonyl (C=O) groups excluding carboxylic acids is 2. The summed E-state index contributed by atoms with van der Waals surface area (Å²) in [7, 11) is -2.55. The van der Waals surface area contributed by atoms with Gasteiger partial charge in [0.2, 0.25) is 21.8 Å². The molecule has 0 heterocycles. The Morgan fingerprint density at radius 1 is 1.02 bits per heavy atom. The molecule has 0 radical (unpaired) electrons. The fraction of sp³-hybridized carbons (Fsp3) is 0.310. The lowest BCUT2D eigenvalue weighted by Gasteiger charge is -2.33. The number of non-ortho nitro benzene ring substituents is 1. The van der Waals surface area contributed by atoms with E-state index in [1.807, 2.05) is 30.3 Å². The van der Waals surface area contributed by atoms with Gasteiger partial charge >= 0.3 is 0 Å². The average Bonchev–Trinajstić information content (AvgIpc) is 2.94. The number of nitrogens with zero attached hydrogens (tertiary/aromatic N) is 3. The van der Waals surface area contributed by atoms with E-state index in [1.54, 1.807) is 38.1 Å². The highest BCUT2D eigenvalue weighted by Crippen LogP contribution is 2.28. The van der Waals surface area contributed by atoms with Crippen LogP contribution in [0.15, 0.2) is 72.8 Å². The normalized spacial score (nSPS) is 11.8. The van der Waals surface area contributed by atoms with Crippen LogP contribution in [0.1, 0.15) is 23.6 Å². The molecule has 0 aromatic heterocycles. The number of anilines is 1. The molecule has 0 spiro atoms. The number of ether oxygens (including phenoxy) is 1. The molecule has 0 aliphatic heterocycles. The van der Waals surface area contributed by atoms with Crippen molar-refractivity contribution in [1.29, 1.82) is 0 Å². The Hall–Kier alpha value is -4.45.